The standard InChI is InChI=1S/C26H27N2O/c1-14-10-17-12-15(2)16(3)22-23(17)21(11-14)29-25-24(22)28(7)20-9-8-18(26(4,5)6)13-19(20)27-25/h8-13H,1-7H3/q+1. The second kappa shape index (κ2) is 5.79. The SMILES string of the molecule is Cc1cc2c3c(c(C)c(C)cc3c1)-c1c(nc3cc(C(C)(C)C)ccc3[n+]1C)O2. The van der Waals surface area contributed by atoms with Crippen molar-refractivity contribution in [3.8, 4) is 22.9 Å². The highest BCUT2D eigenvalue weighted by atomic mass is 16.5. The molecule has 1 aliphatic rings. The number of aromatic nitrogens is 2. The van der Waals surface area contributed by atoms with Crippen LogP contribution in [0, 0.1) is 20.8 Å². The van der Waals surface area contributed by atoms with Gasteiger partial charge in [-0.2, -0.15) is 4.57 Å². The van der Waals surface area contributed by atoms with Gasteiger partial charge in [0.25, 0.3) is 11.6 Å². The number of nitrogens with zero attached hydrogens (tertiary/aromatic N) is 2. The van der Waals surface area contributed by atoms with E-state index in [0.29, 0.717) is 5.88 Å². The van der Waals surface area contributed by atoms with Gasteiger partial charge >= 0.3 is 0 Å². The molecular weight excluding hydrogens is 356 g/mol. The molecule has 3 heteroatoms. The minimum absolute atomic E-state index is 0.0776. The number of fused-ring (bicyclic) bond motifs is 3. The van der Waals surface area contributed by atoms with Crippen LogP contribution in [0.15, 0.2) is 36.4 Å². The molecule has 2 heterocycles. The summed E-state index contributed by atoms with van der Waals surface area (Å²) in [6.07, 6.45) is 0. The molecule has 5 rings (SSSR count). The van der Waals surface area contributed by atoms with Crippen LogP contribution in [0.2, 0.25) is 0 Å². The fourth-order valence-electron chi connectivity index (χ4n) is 4.50. The smallest absolute Gasteiger partial charge is 0.294 e. The molecule has 0 amide bonds. The summed E-state index contributed by atoms with van der Waals surface area (Å²) in [5, 5.41) is 2.42. The van der Waals surface area contributed by atoms with Crippen molar-refractivity contribution in [2.45, 2.75) is 47.0 Å². The van der Waals surface area contributed by atoms with Crippen LogP contribution < -0.4 is 9.30 Å². The second-order valence-corrected chi connectivity index (χ2v) is 9.43. The zero-order valence-corrected chi connectivity index (χ0v) is 18.3. The normalized spacial score (nSPS) is 12.9. The van der Waals surface area contributed by atoms with Crippen LogP contribution in [-0.2, 0) is 12.5 Å². The van der Waals surface area contributed by atoms with Gasteiger partial charge < -0.3 is 4.74 Å². The molecule has 146 valence electrons. The molecule has 1 aliphatic heterocycles. The topological polar surface area (TPSA) is 26.0 Å². The lowest BCUT2D eigenvalue weighted by Gasteiger charge is -2.23. The van der Waals surface area contributed by atoms with E-state index < -0.39 is 0 Å². The molecule has 3 nitrogen and oxygen atoms in total. The lowest BCUT2D eigenvalue weighted by molar-refractivity contribution is -0.634. The monoisotopic (exact) mass is 383 g/mol. The van der Waals surface area contributed by atoms with Crippen LogP contribution in [0.25, 0.3) is 33.1 Å². The van der Waals surface area contributed by atoms with Crippen LogP contribution in [0.4, 0.5) is 0 Å². The van der Waals surface area contributed by atoms with Crippen LogP contribution in [0.5, 0.6) is 11.6 Å². The van der Waals surface area contributed by atoms with Crippen molar-refractivity contribution in [3.05, 3.63) is 58.7 Å². The van der Waals surface area contributed by atoms with Crippen molar-refractivity contribution < 1.29 is 9.30 Å². The van der Waals surface area contributed by atoms with E-state index in [4.69, 9.17) is 9.72 Å². The van der Waals surface area contributed by atoms with E-state index in [-0.39, 0.29) is 5.41 Å². The fraction of sp³-hybridized carbons (Fsp3) is 0.308. The summed E-state index contributed by atoms with van der Waals surface area (Å²) in [6.45, 7) is 13.2. The Morgan fingerprint density at radius 3 is 2.45 bits per heavy atom. The summed E-state index contributed by atoms with van der Waals surface area (Å²) in [7, 11) is 2.12. The summed E-state index contributed by atoms with van der Waals surface area (Å²) in [4.78, 5) is 4.99. The van der Waals surface area contributed by atoms with Gasteiger partial charge in [-0.15, -0.1) is 0 Å². The molecule has 0 aliphatic carbocycles. The number of rotatable bonds is 0. The molecule has 0 atom stereocenters. The maximum Gasteiger partial charge on any atom is 0.294 e. The first kappa shape index (κ1) is 18.1. The summed E-state index contributed by atoms with van der Waals surface area (Å²) in [5.74, 6) is 1.60. The highest BCUT2D eigenvalue weighted by Crippen LogP contribution is 2.47. The van der Waals surface area contributed by atoms with Gasteiger partial charge in [0.15, 0.2) is 0 Å². The second-order valence-electron chi connectivity index (χ2n) is 9.43. The molecule has 4 aromatic rings. The van der Waals surface area contributed by atoms with Crippen LogP contribution in [-0.4, -0.2) is 4.98 Å². The van der Waals surface area contributed by atoms with E-state index >= 15 is 0 Å². The van der Waals surface area contributed by atoms with E-state index in [0.717, 1.165) is 22.5 Å². The van der Waals surface area contributed by atoms with E-state index in [1.807, 2.05) is 0 Å². The van der Waals surface area contributed by atoms with Gasteiger partial charge in [-0.25, -0.2) is 4.98 Å². The van der Waals surface area contributed by atoms with Crippen molar-refractivity contribution >= 4 is 21.8 Å². The predicted molar refractivity (Wildman–Crippen MR) is 119 cm³/mol. The third-order valence-corrected chi connectivity index (χ3v) is 6.27. The Labute approximate surface area is 172 Å². The van der Waals surface area contributed by atoms with Gasteiger partial charge in [-0.05, 0) is 66.0 Å². The van der Waals surface area contributed by atoms with Crippen molar-refractivity contribution in [2.24, 2.45) is 7.05 Å². The Hall–Kier alpha value is -2.94. The first-order chi connectivity index (χ1) is 13.6. The molecular formula is C26H27N2O+. The van der Waals surface area contributed by atoms with E-state index in [9.17, 15) is 0 Å². The molecule has 0 bridgehead atoms. The Morgan fingerprint density at radius 2 is 1.72 bits per heavy atom. The number of hydrogen-bond donors (Lipinski definition) is 0. The molecule has 29 heavy (non-hydrogen) atoms. The lowest BCUT2D eigenvalue weighted by atomic mass is 9.86. The van der Waals surface area contributed by atoms with Gasteiger partial charge in [0.2, 0.25) is 5.52 Å². The molecule has 0 unspecified atom stereocenters. The van der Waals surface area contributed by atoms with Gasteiger partial charge in [0.05, 0.1) is 5.56 Å². The molecule has 0 N–H and O–H groups in total. The Morgan fingerprint density at radius 1 is 0.966 bits per heavy atom. The summed E-state index contributed by atoms with van der Waals surface area (Å²) < 4.78 is 8.65. The summed E-state index contributed by atoms with van der Waals surface area (Å²) >= 11 is 0. The van der Waals surface area contributed by atoms with E-state index in [2.05, 4.69) is 89.6 Å². The van der Waals surface area contributed by atoms with Crippen molar-refractivity contribution in [1.82, 2.24) is 4.98 Å². The third kappa shape index (κ3) is 2.57. The van der Waals surface area contributed by atoms with Gasteiger partial charge in [0, 0.05) is 11.5 Å². The zero-order chi connectivity index (χ0) is 20.7. The first-order valence-corrected chi connectivity index (χ1v) is 10.2. The average molecular weight is 384 g/mol. The largest absolute Gasteiger partial charge is 0.433 e. The predicted octanol–water partition coefficient (Wildman–Crippen LogP) is 6.21. The summed E-state index contributed by atoms with van der Waals surface area (Å²) in [6, 6.07) is 13.2. The maximum atomic E-state index is 6.41. The fourth-order valence-corrected chi connectivity index (χ4v) is 4.50. The molecule has 0 saturated heterocycles. The van der Waals surface area contributed by atoms with Gasteiger partial charge in [0.1, 0.15) is 18.3 Å². The molecule has 0 spiro atoms. The van der Waals surface area contributed by atoms with Crippen LogP contribution in [0.3, 0.4) is 0 Å². The van der Waals surface area contributed by atoms with Gasteiger partial charge in [-0.1, -0.05) is 39.0 Å². The highest BCUT2D eigenvalue weighted by Gasteiger charge is 2.33. The van der Waals surface area contributed by atoms with E-state index in [1.165, 1.54) is 38.6 Å². The van der Waals surface area contributed by atoms with Crippen molar-refractivity contribution in [1.29, 1.82) is 0 Å². The maximum absolute atomic E-state index is 6.41. The number of aryl methyl sites for hydroxylation is 3. The number of hydrogen-bond acceptors (Lipinski definition) is 2. The molecule has 0 fully saturated rings. The quantitative estimate of drug-likeness (QED) is 0.297. The Kier molecular flexibility index (Phi) is 3.62. The highest BCUT2D eigenvalue weighted by molar-refractivity contribution is 6.05. The van der Waals surface area contributed by atoms with Gasteiger partial charge in [-0.3, -0.25) is 0 Å². The van der Waals surface area contributed by atoms with Crippen molar-refractivity contribution in [3.63, 3.8) is 0 Å². The van der Waals surface area contributed by atoms with Crippen LogP contribution >= 0.6 is 0 Å². The zero-order valence-electron chi connectivity index (χ0n) is 18.3. The third-order valence-electron chi connectivity index (χ3n) is 6.27. The first-order valence-electron chi connectivity index (χ1n) is 10.2. The lowest BCUT2D eigenvalue weighted by Crippen LogP contribution is -2.34. The minimum Gasteiger partial charge on any atom is -0.433 e. The Balaban J connectivity index is 1.91. The summed E-state index contributed by atoms with van der Waals surface area (Å²) in [5.41, 5.74) is 9.52. The minimum atomic E-state index is 0.0776. The molecule has 1 aromatic heterocycles. The average Bonchev–Trinajstić information content (AvgIpc) is 2.63. The van der Waals surface area contributed by atoms with E-state index in [1.54, 1.807) is 0 Å². The number of ether oxygens (including phenoxy) is 1. The van der Waals surface area contributed by atoms with Crippen LogP contribution in [0.1, 0.15) is 43.0 Å². The van der Waals surface area contributed by atoms with Crippen molar-refractivity contribution in [2.75, 3.05) is 0 Å². The molecule has 0 radical (unpaired) electrons. The number of benzene rings is 3. The molecule has 3 aromatic carbocycles. The Bertz CT molecular complexity index is 1340. The molecule has 0 saturated carbocycles.